The van der Waals surface area contributed by atoms with E-state index >= 15 is 0 Å². The van der Waals surface area contributed by atoms with Crippen molar-refractivity contribution in [3.63, 3.8) is 0 Å². The van der Waals surface area contributed by atoms with Crippen LogP contribution in [0.2, 0.25) is 0 Å². The number of rotatable bonds is 4. The van der Waals surface area contributed by atoms with Gasteiger partial charge in [-0.2, -0.15) is 17.0 Å². The van der Waals surface area contributed by atoms with Crippen molar-refractivity contribution < 1.29 is 4.74 Å². The van der Waals surface area contributed by atoms with Gasteiger partial charge in [-0.05, 0) is 13.0 Å². The minimum atomic E-state index is -0.0472. The molecular weight excluding hydrogens is 306 g/mol. The van der Waals surface area contributed by atoms with E-state index in [0.717, 1.165) is 30.2 Å². The lowest BCUT2D eigenvalue weighted by molar-refractivity contribution is 0.0475. The van der Waals surface area contributed by atoms with Crippen LogP contribution < -0.4 is 4.74 Å². The monoisotopic (exact) mass is 325 g/mol. The first-order valence-corrected chi connectivity index (χ1v) is 8.88. The fourth-order valence-corrected chi connectivity index (χ4v) is 3.60. The molecule has 5 heteroatoms. The molecule has 3 rings (SSSR count). The van der Waals surface area contributed by atoms with E-state index in [-0.39, 0.29) is 6.23 Å². The van der Waals surface area contributed by atoms with Gasteiger partial charge in [-0.25, -0.2) is 0 Å². The Morgan fingerprint density at radius 3 is 2.65 bits per heavy atom. The molecular formula is C18H19N3OS. The molecule has 0 spiro atoms. The maximum atomic E-state index is 9.60. The third-order valence-corrected chi connectivity index (χ3v) is 4.87. The maximum Gasteiger partial charge on any atom is 0.149 e. The van der Waals surface area contributed by atoms with Crippen molar-refractivity contribution in [3.05, 3.63) is 48.2 Å². The summed E-state index contributed by atoms with van der Waals surface area (Å²) in [6, 6.07) is 13.8. The summed E-state index contributed by atoms with van der Waals surface area (Å²) in [5.74, 6) is 2.86. The molecule has 0 N–H and O–H groups in total. The average Bonchev–Trinajstić information content (AvgIpc) is 2.63. The highest BCUT2D eigenvalue weighted by Crippen LogP contribution is 2.29. The molecule has 0 aliphatic carbocycles. The average molecular weight is 325 g/mol. The lowest BCUT2D eigenvalue weighted by atomic mass is 10.1. The van der Waals surface area contributed by atoms with Crippen LogP contribution in [0.4, 0.5) is 0 Å². The van der Waals surface area contributed by atoms with E-state index in [1.165, 1.54) is 0 Å². The van der Waals surface area contributed by atoms with Crippen LogP contribution in [-0.4, -0.2) is 40.7 Å². The third kappa shape index (κ3) is 3.66. The van der Waals surface area contributed by atoms with Gasteiger partial charge >= 0.3 is 0 Å². The van der Waals surface area contributed by atoms with Crippen molar-refractivity contribution in [2.75, 3.05) is 24.6 Å². The van der Waals surface area contributed by atoms with Crippen LogP contribution in [0, 0.1) is 11.3 Å². The van der Waals surface area contributed by atoms with Crippen molar-refractivity contribution in [2.45, 2.75) is 13.2 Å². The predicted octanol–water partition coefficient (Wildman–Crippen LogP) is 3.39. The number of thioether (sulfide) groups is 1. The van der Waals surface area contributed by atoms with Gasteiger partial charge in [0, 0.05) is 36.4 Å². The van der Waals surface area contributed by atoms with Crippen LogP contribution in [0.1, 0.15) is 12.5 Å². The molecule has 2 heterocycles. The molecule has 1 aromatic carbocycles. The molecule has 1 unspecified atom stereocenters. The Labute approximate surface area is 141 Å². The van der Waals surface area contributed by atoms with Crippen molar-refractivity contribution in [2.24, 2.45) is 0 Å². The second kappa shape index (κ2) is 7.49. The van der Waals surface area contributed by atoms with E-state index in [1.54, 1.807) is 12.3 Å². The van der Waals surface area contributed by atoms with Crippen molar-refractivity contribution in [1.29, 1.82) is 5.26 Å². The zero-order valence-corrected chi connectivity index (χ0v) is 13.9. The van der Waals surface area contributed by atoms with Gasteiger partial charge in [-0.1, -0.05) is 30.3 Å². The second-order valence-electron chi connectivity index (χ2n) is 5.38. The molecule has 1 fully saturated rings. The quantitative estimate of drug-likeness (QED) is 0.862. The van der Waals surface area contributed by atoms with Gasteiger partial charge in [-0.3, -0.25) is 9.88 Å². The summed E-state index contributed by atoms with van der Waals surface area (Å²) in [4.78, 5) is 6.69. The van der Waals surface area contributed by atoms with Crippen LogP contribution in [0.5, 0.6) is 5.75 Å². The van der Waals surface area contributed by atoms with Crippen LogP contribution in [0.15, 0.2) is 42.6 Å². The molecule has 1 atom stereocenters. The smallest absolute Gasteiger partial charge is 0.149 e. The molecule has 1 aromatic heterocycles. The summed E-state index contributed by atoms with van der Waals surface area (Å²) < 4.78 is 6.09. The van der Waals surface area contributed by atoms with E-state index in [2.05, 4.69) is 16.0 Å². The summed E-state index contributed by atoms with van der Waals surface area (Å²) in [5.41, 5.74) is 2.10. The highest BCUT2D eigenvalue weighted by atomic mass is 32.2. The molecule has 2 aromatic rings. The van der Waals surface area contributed by atoms with E-state index in [4.69, 9.17) is 4.74 Å². The first-order chi connectivity index (χ1) is 11.3. The third-order valence-electron chi connectivity index (χ3n) is 3.93. The highest BCUT2D eigenvalue weighted by molar-refractivity contribution is 7.99. The molecule has 23 heavy (non-hydrogen) atoms. The number of nitrogens with zero attached hydrogens (tertiary/aromatic N) is 3. The summed E-state index contributed by atoms with van der Waals surface area (Å²) >= 11 is 1.97. The fourth-order valence-electron chi connectivity index (χ4n) is 2.66. The maximum absolute atomic E-state index is 9.60. The number of hydrogen-bond donors (Lipinski definition) is 0. The minimum absolute atomic E-state index is 0.0472. The van der Waals surface area contributed by atoms with Gasteiger partial charge in [0.05, 0.1) is 5.69 Å². The van der Waals surface area contributed by atoms with Gasteiger partial charge < -0.3 is 4.74 Å². The minimum Gasteiger partial charge on any atom is -0.474 e. The van der Waals surface area contributed by atoms with Gasteiger partial charge in [0.25, 0.3) is 0 Å². The number of nitriles is 1. The number of hydrogen-bond acceptors (Lipinski definition) is 5. The Bertz CT molecular complexity index is 693. The number of aromatic nitrogens is 1. The molecule has 1 saturated heterocycles. The second-order valence-corrected chi connectivity index (χ2v) is 6.60. The van der Waals surface area contributed by atoms with Crippen LogP contribution in [0.25, 0.3) is 11.3 Å². The van der Waals surface area contributed by atoms with Crippen molar-refractivity contribution >= 4 is 11.8 Å². The summed E-state index contributed by atoms with van der Waals surface area (Å²) in [6.45, 7) is 4.08. The molecule has 0 saturated carbocycles. The van der Waals surface area contributed by atoms with Crippen LogP contribution in [0.3, 0.4) is 0 Å². The zero-order chi connectivity index (χ0) is 16.1. The molecule has 1 aliphatic rings. The Hall–Kier alpha value is -2.03. The van der Waals surface area contributed by atoms with Gasteiger partial charge in [0.2, 0.25) is 0 Å². The Morgan fingerprint density at radius 2 is 1.96 bits per heavy atom. The zero-order valence-electron chi connectivity index (χ0n) is 13.1. The van der Waals surface area contributed by atoms with E-state index in [1.807, 2.05) is 49.0 Å². The van der Waals surface area contributed by atoms with Crippen LogP contribution >= 0.6 is 11.8 Å². The largest absolute Gasteiger partial charge is 0.474 e. The lowest BCUT2D eigenvalue weighted by Crippen LogP contribution is -2.42. The van der Waals surface area contributed by atoms with E-state index in [9.17, 15) is 5.26 Å². The Balaban J connectivity index is 1.86. The SMILES string of the molecule is CC(Oc1ccnc(-c2ccccc2)c1C#N)N1CCSCC1. The molecule has 0 bridgehead atoms. The first-order valence-electron chi connectivity index (χ1n) is 7.72. The van der Waals surface area contributed by atoms with E-state index < -0.39 is 0 Å². The fraction of sp³-hybridized carbons (Fsp3) is 0.333. The molecule has 4 nitrogen and oxygen atoms in total. The highest BCUT2D eigenvalue weighted by Gasteiger charge is 2.20. The van der Waals surface area contributed by atoms with Gasteiger partial charge in [0.15, 0.2) is 0 Å². The van der Waals surface area contributed by atoms with Crippen molar-refractivity contribution in [1.82, 2.24) is 9.88 Å². The Kier molecular flexibility index (Phi) is 5.16. The first kappa shape index (κ1) is 15.9. The molecule has 1 aliphatic heterocycles. The predicted molar refractivity (Wildman–Crippen MR) is 93.4 cm³/mol. The van der Waals surface area contributed by atoms with Gasteiger partial charge in [-0.15, -0.1) is 0 Å². The molecule has 118 valence electrons. The molecule has 0 radical (unpaired) electrons. The van der Waals surface area contributed by atoms with Crippen LogP contribution in [-0.2, 0) is 0 Å². The van der Waals surface area contributed by atoms with Gasteiger partial charge in [0.1, 0.15) is 23.6 Å². The number of benzene rings is 1. The summed E-state index contributed by atoms with van der Waals surface area (Å²) in [5, 5.41) is 9.60. The number of ether oxygens (including phenoxy) is 1. The summed E-state index contributed by atoms with van der Waals surface area (Å²) in [7, 11) is 0. The Morgan fingerprint density at radius 1 is 1.22 bits per heavy atom. The molecule has 0 amide bonds. The summed E-state index contributed by atoms with van der Waals surface area (Å²) in [6.07, 6.45) is 1.66. The normalized spacial score (nSPS) is 16.5. The van der Waals surface area contributed by atoms with E-state index in [0.29, 0.717) is 17.0 Å². The van der Waals surface area contributed by atoms with Crippen molar-refractivity contribution in [3.8, 4) is 23.1 Å². The topological polar surface area (TPSA) is 49.1 Å². The number of pyridine rings is 1. The standard InChI is InChI=1S/C18H19N3OS/c1-14(21-9-11-23-12-10-21)22-17-7-8-20-18(16(17)13-19)15-5-3-2-4-6-15/h2-8,14H,9-12H2,1H3. The lowest BCUT2D eigenvalue weighted by Gasteiger charge is -2.32.